The van der Waals surface area contributed by atoms with E-state index in [4.69, 9.17) is 11.6 Å². The van der Waals surface area contributed by atoms with Gasteiger partial charge in [-0.05, 0) is 29.8 Å². The minimum atomic E-state index is -0.896. The van der Waals surface area contributed by atoms with E-state index in [2.05, 4.69) is 0 Å². The number of carbonyl (C=O) groups excluding carboxylic acids is 1. The van der Waals surface area contributed by atoms with E-state index in [0.717, 1.165) is 12.1 Å². The van der Waals surface area contributed by atoms with Gasteiger partial charge in [0, 0.05) is 6.42 Å². The highest BCUT2D eigenvalue weighted by Gasteiger charge is 2.16. The Hall–Kier alpha value is -1.81. The molecular formula is C14H8ClF3O. The van der Waals surface area contributed by atoms with Crippen molar-refractivity contribution in [3.05, 3.63) is 70.0 Å². The molecule has 2 rings (SSSR count). The van der Waals surface area contributed by atoms with E-state index in [1.165, 1.54) is 24.3 Å². The molecule has 0 N–H and O–H groups in total. The Morgan fingerprint density at radius 2 is 1.79 bits per heavy atom. The highest BCUT2D eigenvalue weighted by molar-refractivity contribution is 6.30. The first-order chi connectivity index (χ1) is 8.97. The molecule has 0 fully saturated rings. The largest absolute Gasteiger partial charge is 0.294 e. The van der Waals surface area contributed by atoms with Crippen LogP contribution in [0.1, 0.15) is 15.9 Å². The predicted molar refractivity (Wildman–Crippen MR) is 65.8 cm³/mol. The molecule has 0 atom stereocenters. The first-order valence-electron chi connectivity index (χ1n) is 5.39. The van der Waals surface area contributed by atoms with Crippen LogP contribution in [0, 0.1) is 17.5 Å². The van der Waals surface area contributed by atoms with Crippen LogP contribution in [0.4, 0.5) is 13.2 Å². The average Bonchev–Trinajstić information content (AvgIpc) is 2.33. The fraction of sp³-hybridized carbons (Fsp3) is 0.0714. The summed E-state index contributed by atoms with van der Waals surface area (Å²) >= 11 is 5.40. The van der Waals surface area contributed by atoms with Gasteiger partial charge < -0.3 is 0 Å². The van der Waals surface area contributed by atoms with Gasteiger partial charge in [0.05, 0.1) is 10.6 Å². The fourth-order valence-corrected chi connectivity index (χ4v) is 1.81. The summed E-state index contributed by atoms with van der Waals surface area (Å²) in [5.74, 6) is -2.90. The van der Waals surface area contributed by atoms with Gasteiger partial charge in [-0.1, -0.05) is 23.7 Å². The Balaban J connectivity index is 2.28. The van der Waals surface area contributed by atoms with Gasteiger partial charge in [0.15, 0.2) is 5.78 Å². The lowest BCUT2D eigenvalue weighted by molar-refractivity contribution is 0.0988. The molecule has 2 aromatic rings. The Morgan fingerprint density at radius 1 is 1.05 bits per heavy atom. The van der Waals surface area contributed by atoms with Crippen LogP contribution in [-0.4, -0.2) is 5.78 Å². The van der Waals surface area contributed by atoms with Crippen molar-refractivity contribution in [3.63, 3.8) is 0 Å². The van der Waals surface area contributed by atoms with Crippen molar-refractivity contribution >= 4 is 17.4 Å². The number of hydrogen-bond donors (Lipinski definition) is 0. The van der Waals surface area contributed by atoms with E-state index in [-0.39, 0.29) is 11.4 Å². The summed E-state index contributed by atoms with van der Waals surface area (Å²) in [6, 6.07) is 6.87. The van der Waals surface area contributed by atoms with E-state index in [0.29, 0.717) is 5.56 Å². The molecule has 0 aromatic heterocycles. The maximum atomic E-state index is 13.5. The summed E-state index contributed by atoms with van der Waals surface area (Å²) in [6.45, 7) is 0. The van der Waals surface area contributed by atoms with Crippen LogP contribution in [0.25, 0.3) is 0 Å². The van der Waals surface area contributed by atoms with Gasteiger partial charge in [-0.3, -0.25) is 4.79 Å². The van der Waals surface area contributed by atoms with Gasteiger partial charge in [-0.15, -0.1) is 0 Å². The molecule has 0 saturated heterocycles. The molecule has 19 heavy (non-hydrogen) atoms. The number of benzene rings is 2. The van der Waals surface area contributed by atoms with Crippen LogP contribution in [0.3, 0.4) is 0 Å². The standard InChI is InChI=1S/C14H8ClF3O/c15-11-7-12(17)10(6-13(11)18)14(19)5-8-2-1-3-9(16)4-8/h1-4,6-7H,5H2. The van der Waals surface area contributed by atoms with Gasteiger partial charge >= 0.3 is 0 Å². The molecule has 0 amide bonds. The van der Waals surface area contributed by atoms with E-state index in [1.807, 2.05) is 0 Å². The van der Waals surface area contributed by atoms with Crippen LogP contribution < -0.4 is 0 Å². The van der Waals surface area contributed by atoms with Crippen molar-refractivity contribution in [2.75, 3.05) is 0 Å². The highest BCUT2D eigenvalue weighted by Crippen LogP contribution is 2.20. The van der Waals surface area contributed by atoms with E-state index in [1.54, 1.807) is 0 Å². The second-order valence-corrected chi connectivity index (χ2v) is 4.38. The number of carbonyl (C=O) groups is 1. The van der Waals surface area contributed by atoms with Crippen LogP contribution >= 0.6 is 11.6 Å². The second-order valence-electron chi connectivity index (χ2n) is 3.98. The third-order valence-corrected chi connectivity index (χ3v) is 2.85. The smallest absolute Gasteiger partial charge is 0.170 e. The summed E-state index contributed by atoms with van der Waals surface area (Å²) < 4.78 is 39.7. The SMILES string of the molecule is O=C(Cc1cccc(F)c1)c1cc(F)c(Cl)cc1F. The molecule has 0 unspecified atom stereocenters. The van der Waals surface area contributed by atoms with E-state index < -0.39 is 28.8 Å². The number of hydrogen-bond acceptors (Lipinski definition) is 1. The highest BCUT2D eigenvalue weighted by atomic mass is 35.5. The number of halogens is 4. The van der Waals surface area contributed by atoms with E-state index in [9.17, 15) is 18.0 Å². The zero-order chi connectivity index (χ0) is 14.0. The van der Waals surface area contributed by atoms with Crippen molar-refractivity contribution in [2.45, 2.75) is 6.42 Å². The number of rotatable bonds is 3. The third-order valence-electron chi connectivity index (χ3n) is 2.56. The molecule has 5 heteroatoms. The maximum absolute atomic E-state index is 13.5. The lowest BCUT2D eigenvalue weighted by Crippen LogP contribution is -2.07. The Bertz CT molecular complexity index is 641. The topological polar surface area (TPSA) is 17.1 Å². The number of Topliss-reactive ketones (excluding diaryl/α,β-unsaturated/α-hetero) is 1. The van der Waals surface area contributed by atoms with Crippen molar-refractivity contribution in [1.82, 2.24) is 0 Å². The minimum absolute atomic E-state index is 0.213. The molecule has 0 saturated carbocycles. The van der Waals surface area contributed by atoms with Crippen molar-refractivity contribution in [2.24, 2.45) is 0 Å². The predicted octanol–water partition coefficient (Wildman–Crippen LogP) is 4.18. The summed E-state index contributed by atoms with van der Waals surface area (Å²) in [7, 11) is 0. The molecule has 0 aliphatic carbocycles. The van der Waals surface area contributed by atoms with Gasteiger partial charge in [0.25, 0.3) is 0 Å². The lowest BCUT2D eigenvalue weighted by atomic mass is 10.0. The molecule has 1 nitrogen and oxygen atoms in total. The normalized spacial score (nSPS) is 10.5. The summed E-state index contributed by atoms with van der Waals surface area (Å²) in [5.41, 5.74) is -0.00841. The second kappa shape index (κ2) is 5.45. The molecular weight excluding hydrogens is 277 g/mol. The lowest BCUT2D eigenvalue weighted by Gasteiger charge is -2.04. The molecule has 2 aromatic carbocycles. The Kier molecular flexibility index (Phi) is 3.90. The summed E-state index contributed by atoms with van der Waals surface area (Å²) in [4.78, 5) is 11.8. The van der Waals surface area contributed by atoms with Crippen LogP contribution in [-0.2, 0) is 6.42 Å². The molecule has 0 radical (unpaired) electrons. The molecule has 98 valence electrons. The molecule has 0 aliphatic rings. The first kappa shape index (κ1) is 13.6. The third kappa shape index (κ3) is 3.15. The monoisotopic (exact) mass is 284 g/mol. The van der Waals surface area contributed by atoms with Gasteiger partial charge in [-0.25, -0.2) is 13.2 Å². The van der Waals surface area contributed by atoms with Crippen molar-refractivity contribution < 1.29 is 18.0 Å². The molecule has 0 aliphatic heterocycles. The fourth-order valence-electron chi connectivity index (χ4n) is 1.66. The zero-order valence-electron chi connectivity index (χ0n) is 9.59. The quantitative estimate of drug-likeness (QED) is 0.610. The minimum Gasteiger partial charge on any atom is -0.294 e. The van der Waals surface area contributed by atoms with Crippen LogP contribution in [0.15, 0.2) is 36.4 Å². The summed E-state index contributed by atoms with van der Waals surface area (Å²) in [6.07, 6.45) is -0.213. The Labute approximate surface area is 112 Å². The van der Waals surface area contributed by atoms with Gasteiger partial charge in [0.1, 0.15) is 17.5 Å². The van der Waals surface area contributed by atoms with Crippen LogP contribution in [0.2, 0.25) is 5.02 Å². The molecule has 0 heterocycles. The van der Waals surface area contributed by atoms with Gasteiger partial charge in [-0.2, -0.15) is 0 Å². The van der Waals surface area contributed by atoms with Gasteiger partial charge in [0.2, 0.25) is 0 Å². The van der Waals surface area contributed by atoms with Crippen molar-refractivity contribution in [1.29, 1.82) is 0 Å². The zero-order valence-corrected chi connectivity index (χ0v) is 10.3. The number of ketones is 1. The molecule has 0 spiro atoms. The average molecular weight is 285 g/mol. The van der Waals surface area contributed by atoms with E-state index >= 15 is 0 Å². The Morgan fingerprint density at radius 3 is 2.47 bits per heavy atom. The maximum Gasteiger partial charge on any atom is 0.170 e. The molecule has 0 bridgehead atoms. The van der Waals surface area contributed by atoms with Crippen LogP contribution in [0.5, 0.6) is 0 Å². The first-order valence-corrected chi connectivity index (χ1v) is 5.77. The van der Waals surface area contributed by atoms with Crippen molar-refractivity contribution in [3.8, 4) is 0 Å². The summed E-state index contributed by atoms with van der Waals surface area (Å²) in [5, 5.41) is -0.389.